The van der Waals surface area contributed by atoms with Gasteiger partial charge < -0.3 is 10.3 Å². The number of nitrogens with one attached hydrogen (secondary N) is 1. The van der Waals surface area contributed by atoms with Crippen molar-refractivity contribution in [2.45, 2.75) is 25.8 Å². The second-order valence-corrected chi connectivity index (χ2v) is 4.26. The highest BCUT2D eigenvalue weighted by atomic mass is 19.1. The molecule has 1 heterocycles. The maximum Gasteiger partial charge on any atom is 0.145 e. The van der Waals surface area contributed by atoms with Crippen molar-refractivity contribution in [1.82, 2.24) is 9.88 Å². The van der Waals surface area contributed by atoms with Gasteiger partial charge in [0.2, 0.25) is 0 Å². The zero-order chi connectivity index (χ0) is 12.1. The van der Waals surface area contributed by atoms with Gasteiger partial charge in [0.15, 0.2) is 0 Å². The van der Waals surface area contributed by atoms with Crippen LogP contribution in [0.25, 0.3) is 0 Å². The molecule has 0 saturated heterocycles. The molecule has 0 bridgehead atoms. The number of rotatable bonds is 5. The molecule has 0 aliphatic heterocycles. The molecule has 0 fully saturated rings. The van der Waals surface area contributed by atoms with Gasteiger partial charge in [-0.25, -0.2) is 4.39 Å². The van der Waals surface area contributed by atoms with Crippen molar-refractivity contribution in [3.8, 4) is 0 Å². The van der Waals surface area contributed by atoms with Gasteiger partial charge in [-0.05, 0) is 32.6 Å². The predicted molar refractivity (Wildman–Crippen MR) is 63.4 cm³/mol. The average Bonchev–Trinajstić information content (AvgIpc) is 2.21. The maximum atomic E-state index is 13.3. The summed E-state index contributed by atoms with van der Waals surface area (Å²) in [6.45, 7) is 2.05. The molecule has 0 aromatic carbocycles. The summed E-state index contributed by atoms with van der Waals surface area (Å²) in [7, 11) is 3.95. The van der Waals surface area contributed by atoms with Gasteiger partial charge in [0, 0.05) is 30.8 Å². The second-order valence-electron chi connectivity index (χ2n) is 4.26. The predicted octanol–water partition coefficient (Wildman–Crippen LogP) is 2.12. The summed E-state index contributed by atoms with van der Waals surface area (Å²) in [6.07, 6.45) is 3.78. The molecule has 0 amide bonds. The Bertz CT molecular complexity index is 363. The van der Waals surface area contributed by atoms with E-state index in [1.807, 2.05) is 14.1 Å². The summed E-state index contributed by atoms with van der Waals surface area (Å²) < 4.78 is 13.3. The summed E-state index contributed by atoms with van der Waals surface area (Å²) in [5.74, 6) is -0.329. The Kier molecular flexibility index (Phi) is 4.55. The van der Waals surface area contributed by atoms with Crippen molar-refractivity contribution in [1.29, 1.82) is 5.41 Å². The Morgan fingerprint density at radius 3 is 2.81 bits per heavy atom. The van der Waals surface area contributed by atoms with E-state index in [-0.39, 0.29) is 5.82 Å². The van der Waals surface area contributed by atoms with Gasteiger partial charge in [0.25, 0.3) is 0 Å². The van der Waals surface area contributed by atoms with Gasteiger partial charge in [0.1, 0.15) is 5.82 Å². The monoisotopic (exact) mass is 223 g/mol. The van der Waals surface area contributed by atoms with Crippen LogP contribution < -0.4 is 0 Å². The average molecular weight is 223 g/mol. The van der Waals surface area contributed by atoms with Gasteiger partial charge in [-0.2, -0.15) is 0 Å². The lowest BCUT2D eigenvalue weighted by atomic mass is 10.0. The van der Waals surface area contributed by atoms with Gasteiger partial charge in [-0.3, -0.25) is 4.98 Å². The molecule has 16 heavy (non-hydrogen) atoms. The zero-order valence-electron chi connectivity index (χ0n) is 10.00. The van der Waals surface area contributed by atoms with Crippen LogP contribution in [0.3, 0.4) is 0 Å². The lowest BCUT2D eigenvalue weighted by Gasteiger charge is -2.19. The van der Waals surface area contributed by atoms with E-state index in [0.29, 0.717) is 30.2 Å². The van der Waals surface area contributed by atoms with E-state index >= 15 is 0 Å². The molecule has 4 heteroatoms. The van der Waals surface area contributed by atoms with Crippen LogP contribution in [-0.2, 0) is 6.42 Å². The molecule has 1 rings (SSSR count). The number of pyridine rings is 1. The fraction of sp³-hybridized carbons (Fsp3) is 0.500. The van der Waals surface area contributed by atoms with Crippen molar-refractivity contribution in [2.75, 3.05) is 14.1 Å². The van der Waals surface area contributed by atoms with Gasteiger partial charge >= 0.3 is 0 Å². The molecule has 1 N–H and O–H groups in total. The van der Waals surface area contributed by atoms with Crippen LogP contribution in [-0.4, -0.2) is 35.7 Å². The van der Waals surface area contributed by atoms with Gasteiger partial charge in [-0.1, -0.05) is 0 Å². The van der Waals surface area contributed by atoms with E-state index < -0.39 is 0 Å². The van der Waals surface area contributed by atoms with Crippen molar-refractivity contribution < 1.29 is 4.39 Å². The lowest BCUT2D eigenvalue weighted by Crippen LogP contribution is -2.27. The quantitative estimate of drug-likeness (QED) is 0.777. The van der Waals surface area contributed by atoms with Crippen LogP contribution >= 0.6 is 0 Å². The smallest absolute Gasteiger partial charge is 0.145 e. The van der Waals surface area contributed by atoms with E-state index in [0.717, 1.165) is 0 Å². The van der Waals surface area contributed by atoms with E-state index in [1.165, 1.54) is 6.20 Å². The van der Waals surface area contributed by atoms with Crippen molar-refractivity contribution in [2.24, 2.45) is 0 Å². The molecule has 3 nitrogen and oxygen atoms in total. The van der Waals surface area contributed by atoms with E-state index in [9.17, 15) is 4.39 Å². The molecular weight excluding hydrogens is 205 g/mol. The molecule has 0 radical (unpaired) electrons. The highest BCUT2D eigenvalue weighted by Crippen LogP contribution is 2.09. The normalized spacial score (nSPS) is 12.8. The first kappa shape index (κ1) is 12.8. The first-order chi connectivity index (χ1) is 7.50. The first-order valence-corrected chi connectivity index (χ1v) is 5.31. The summed E-state index contributed by atoms with van der Waals surface area (Å²) in [6, 6.07) is 1.93. The highest BCUT2D eigenvalue weighted by molar-refractivity contribution is 5.84. The van der Waals surface area contributed by atoms with Crippen LogP contribution in [0.15, 0.2) is 18.5 Å². The molecule has 88 valence electrons. The molecule has 1 aromatic heterocycles. The minimum absolute atomic E-state index is 0.303. The molecule has 1 unspecified atom stereocenters. The molecule has 0 spiro atoms. The Labute approximate surface area is 95.8 Å². The largest absolute Gasteiger partial charge is 0.309 e. The summed E-state index contributed by atoms with van der Waals surface area (Å²) in [5.41, 5.74) is 1.09. The van der Waals surface area contributed by atoms with E-state index in [2.05, 4.69) is 16.8 Å². The van der Waals surface area contributed by atoms with Crippen LogP contribution in [0.4, 0.5) is 4.39 Å². The Balaban J connectivity index is 2.55. The maximum absolute atomic E-state index is 13.3. The third kappa shape index (κ3) is 3.70. The van der Waals surface area contributed by atoms with Crippen molar-refractivity contribution in [3.63, 3.8) is 0 Å². The number of hydrogen-bond acceptors (Lipinski definition) is 3. The molecule has 1 aromatic rings. The number of halogens is 1. The number of hydrogen-bond donors (Lipinski definition) is 1. The summed E-state index contributed by atoms with van der Waals surface area (Å²) in [4.78, 5) is 5.74. The van der Waals surface area contributed by atoms with Crippen LogP contribution in [0.1, 0.15) is 18.9 Å². The zero-order valence-corrected chi connectivity index (χ0v) is 10.00. The number of aromatic nitrogens is 1. The van der Waals surface area contributed by atoms with Gasteiger partial charge in [-0.15, -0.1) is 0 Å². The Morgan fingerprint density at radius 1 is 1.56 bits per heavy atom. The molecule has 0 aliphatic rings. The van der Waals surface area contributed by atoms with Crippen LogP contribution in [0.5, 0.6) is 0 Å². The van der Waals surface area contributed by atoms with Crippen LogP contribution in [0, 0.1) is 11.2 Å². The fourth-order valence-electron chi connectivity index (χ4n) is 1.39. The molecule has 0 aliphatic carbocycles. The first-order valence-electron chi connectivity index (χ1n) is 5.31. The van der Waals surface area contributed by atoms with E-state index in [4.69, 9.17) is 5.41 Å². The van der Waals surface area contributed by atoms with Crippen molar-refractivity contribution in [3.05, 3.63) is 29.8 Å². The SMILES string of the molecule is CC(CC(=N)Cc1ccncc1F)N(C)C. The highest BCUT2D eigenvalue weighted by Gasteiger charge is 2.10. The molecular formula is C12H18FN3. The fourth-order valence-corrected chi connectivity index (χ4v) is 1.39. The standard InChI is InChI=1S/C12H18FN3/c1-9(16(2)3)6-11(14)7-10-4-5-15-8-12(10)13/h4-5,8-9,14H,6-7H2,1-3H3. The number of nitrogens with zero attached hydrogens (tertiary/aromatic N) is 2. The third-order valence-electron chi connectivity index (χ3n) is 2.68. The van der Waals surface area contributed by atoms with E-state index in [1.54, 1.807) is 12.3 Å². The third-order valence-corrected chi connectivity index (χ3v) is 2.68. The molecule has 1 atom stereocenters. The lowest BCUT2D eigenvalue weighted by molar-refractivity contribution is 0.320. The topological polar surface area (TPSA) is 40.0 Å². The Morgan fingerprint density at radius 2 is 2.25 bits per heavy atom. The minimum Gasteiger partial charge on any atom is -0.309 e. The van der Waals surface area contributed by atoms with Crippen LogP contribution in [0.2, 0.25) is 0 Å². The summed E-state index contributed by atoms with van der Waals surface area (Å²) in [5, 5.41) is 7.83. The minimum atomic E-state index is -0.329. The Hall–Kier alpha value is -1.29. The summed E-state index contributed by atoms with van der Waals surface area (Å²) >= 11 is 0. The van der Waals surface area contributed by atoms with Crippen molar-refractivity contribution >= 4 is 5.71 Å². The molecule has 0 saturated carbocycles. The van der Waals surface area contributed by atoms with Gasteiger partial charge in [0.05, 0.1) is 6.20 Å². The second kappa shape index (κ2) is 5.70.